The Morgan fingerprint density at radius 2 is 1.88 bits per heavy atom. The molecular formula is C5H12S3. The zero-order valence-corrected chi connectivity index (χ0v) is 7.82. The number of hydrogen-bond acceptors (Lipinski definition) is 1. The maximum absolute atomic E-state index is 4.91. The lowest BCUT2D eigenvalue weighted by Gasteiger charge is -2.13. The van der Waals surface area contributed by atoms with Crippen LogP contribution in [0.3, 0.4) is 0 Å². The van der Waals surface area contributed by atoms with E-state index in [2.05, 4.69) is 26.5 Å². The average molecular weight is 168 g/mol. The number of hydrogen-bond donors (Lipinski definition) is 2. The van der Waals surface area contributed by atoms with E-state index in [1.54, 1.807) is 0 Å². The molecule has 0 fully saturated rings. The second-order valence-corrected chi connectivity index (χ2v) is 6.06. The lowest BCUT2D eigenvalue weighted by atomic mass is 11.0. The van der Waals surface area contributed by atoms with Crippen LogP contribution in [-0.2, 0) is 0 Å². The zero-order chi connectivity index (χ0) is 6.57. The predicted octanol–water partition coefficient (Wildman–Crippen LogP) is 2.24. The van der Waals surface area contributed by atoms with Crippen LogP contribution in [0.1, 0.15) is 13.8 Å². The molecular weight excluding hydrogens is 156 g/mol. The van der Waals surface area contributed by atoms with E-state index in [9.17, 15) is 0 Å². The molecule has 0 heterocycles. The summed E-state index contributed by atoms with van der Waals surface area (Å²) in [5, 5.41) is 0. The molecule has 0 saturated heterocycles. The molecule has 0 aliphatic carbocycles. The van der Waals surface area contributed by atoms with Crippen molar-refractivity contribution < 1.29 is 0 Å². The summed E-state index contributed by atoms with van der Waals surface area (Å²) in [6.45, 7) is 4.33. The average Bonchev–Trinajstić information content (AvgIpc) is 1.69. The van der Waals surface area contributed by atoms with Crippen LogP contribution in [0.25, 0.3) is 0 Å². The fourth-order valence-corrected chi connectivity index (χ4v) is 3.11. The fraction of sp³-hybridized carbons (Fsp3) is 0.800. The van der Waals surface area contributed by atoms with E-state index in [0.29, 0.717) is 0 Å². The Balaban J connectivity index is 3.52. The third-order valence-electron chi connectivity index (χ3n) is 1.03. The molecule has 0 spiro atoms. The molecule has 50 valence electrons. The third-order valence-corrected chi connectivity index (χ3v) is 4.73. The monoisotopic (exact) mass is 168 g/mol. The van der Waals surface area contributed by atoms with Crippen LogP contribution < -0.4 is 0 Å². The Labute approximate surface area is 64.8 Å². The van der Waals surface area contributed by atoms with Crippen molar-refractivity contribution in [2.45, 2.75) is 13.8 Å². The van der Waals surface area contributed by atoms with Gasteiger partial charge < -0.3 is 0 Å². The van der Waals surface area contributed by atoms with Gasteiger partial charge in [0.2, 0.25) is 0 Å². The van der Waals surface area contributed by atoms with Crippen LogP contribution in [0, 0.1) is 0 Å². The molecule has 0 aliphatic rings. The van der Waals surface area contributed by atoms with E-state index in [1.807, 2.05) is 0 Å². The van der Waals surface area contributed by atoms with Crippen LogP contribution >= 0.6 is 35.7 Å². The molecule has 0 aliphatic heterocycles. The minimum Gasteiger partial charge on any atom is -0.212 e. The minimum absolute atomic E-state index is 0.0195. The summed E-state index contributed by atoms with van der Waals surface area (Å²) >= 11 is 9.02. The third kappa shape index (κ3) is 2.95. The molecule has 0 rings (SSSR count). The van der Waals surface area contributed by atoms with E-state index < -0.39 is 0 Å². The van der Waals surface area contributed by atoms with Crippen LogP contribution in [0.15, 0.2) is 0 Å². The van der Waals surface area contributed by atoms with Crippen LogP contribution in [0.4, 0.5) is 0 Å². The Kier molecular flexibility index (Phi) is 5.11. The van der Waals surface area contributed by atoms with Crippen molar-refractivity contribution in [3.63, 3.8) is 0 Å². The molecule has 0 aromatic heterocycles. The molecule has 0 radical (unpaired) electrons. The number of thiol groups is 2. The smallest absolute Gasteiger partial charge is 0.0811 e. The van der Waals surface area contributed by atoms with Crippen molar-refractivity contribution in [1.29, 1.82) is 0 Å². The van der Waals surface area contributed by atoms with Crippen LogP contribution in [0.5, 0.6) is 0 Å². The minimum atomic E-state index is -0.0195. The molecule has 0 amide bonds. The van der Waals surface area contributed by atoms with Gasteiger partial charge in [-0.05, 0) is 11.5 Å². The summed E-state index contributed by atoms with van der Waals surface area (Å²) in [5.41, 5.74) is 0. The van der Waals surface area contributed by atoms with Crippen molar-refractivity contribution in [2.24, 2.45) is 0 Å². The van der Waals surface area contributed by atoms with Gasteiger partial charge in [-0.15, -0.1) is 12.6 Å². The highest BCUT2D eigenvalue weighted by atomic mass is 32.3. The fourth-order valence-electron chi connectivity index (χ4n) is 0.494. The van der Waals surface area contributed by atoms with E-state index in [0.717, 1.165) is 3.53 Å². The molecule has 0 atom stereocenters. The van der Waals surface area contributed by atoms with Gasteiger partial charge in [-0.25, -0.2) is 10.9 Å². The normalized spacial score (nSPS) is 11.1. The first kappa shape index (κ1) is 8.79. The molecule has 8 heavy (non-hydrogen) atoms. The van der Waals surface area contributed by atoms with Gasteiger partial charge in [-0.3, -0.25) is 0 Å². The van der Waals surface area contributed by atoms with E-state index in [1.165, 1.54) is 11.5 Å². The summed E-state index contributed by atoms with van der Waals surface area (Å²) in [4.78, 5) is 0. The van der Waals surface area contributed by atoms with Gasteiger partial charge in [0.25, 0.3) is 0 Å². The molecule has 0 N–H and O–H groups in total. The summed E-state index contributed by atoms with van der Waals surface area (Å²) in [6, 6.07) is 0. The van der Waals surface area contributed by atoms with Gasteiger partial charge in [-0.2, -0.15) is 0 Å². The second kappa shape index (κ2) is 4.65. The highest BCUT2D eigenvalue weighted by molar-refractivity contribution is 8.50. The van der Waals surface area contributed by atoms with Gasteiger partial charge in [0.15, 0.2) is 0 Å². The number of rotatable bonds is 2. The van der Waals surface area contributed by atoms with Crippen molar-refractivity contribution in [3.05, 3.63) is 0 Å². The Bertz CT molecular complexity index is 75.7. The van der Waals surface area contributed by atoms with Crippen molar-refractivity contribution >= 4 is 39.3 Å². The molecule has 0 bridgehead atoms. The largest absolute Gasteiger partial charge is 0.212 e. The maximum Gasteiger partial charge on any atom is 0.0811 e. The quantitative estimate of drug-likeness (QED) is 0.471. The van der Waals surface area contributed by atoms with Crippen molar-refractivity contribution in [2.75, 3.05) is 11.5 Å². The summed E-state index contributed by atoms with van der Waals surface area (Å²) in [5.74, 6) is 2.38. The van der Waals surface area contributed by atoms with Crippen LogP contribution in [0.2, 0.25) is 0 Å². The first-order valence-corrected chi connectivity index (χ1v) is 5.27. The van der Waals surface area contributed by atoms with E-state index in [-0.39, 0.29) is 10.9 Å². The standard InChI is InChI=1S/C5H12S3/c1-3-8(4-2)5(6)7/h8H,3-4H2,1-2H3,(H,6,7). The lowest BCUT2D eigenvalue weighted by molar-refractivity contribution is 1.46. The van der Waals surface area contributed by atoms with Crippen molar-refractivity contribution in [1.82, 2.24) is 0 Å². The first-order chi connectivity index (χ1) is 3.72. The van der Waals surface area contributed by atoms with Gasteiger partial charge in [0.05, 0.1) is 3.53 Å². The van der Waals surface area contributed by atoms with Gasteiger partial charge in [-0.1, -0.05) is 26.1 Å². The van der Waals surface area contributed by atoms with Gasteiger partial charge >= 0.3 is 0 Å². The summed E-state index contributed by atoms with van der Waals surface area (Å²) in [7, 11) is -0.0195. The molecule has 0 saturated carbocycles. The molecule has 0 aromatic rings. The molecule has 0 nitrogen and oxygen atoms in total. The number of thiocarbonyl (C=S) groups is 1. The highest BCUT2D eigenvalue weighted by Crippen LogP contribution is 2.27. The summed E-state index contributed by atoms with van der Waals surface area (Å²) in [6.07, 6.45) is 0. The Morgan fingerprint density at radius 1 is 1.50 bits per heavy atom. The van der Waals surface area contributed by atoms with Crippen LogP contribution in [-0.4, -0.2) is 15.0 Å². The molecule has 3 heteroatoms. The van der Waals surface area contributed by atoms with E-state index in [4.69, 9.17) is 12.2 Å². The topological polar surface area (TPSA) is 0 Å². The highest BCUT2D eigenvalue weighted by Gasteiger charge is 1.98. The lowest BCUT2D eigenvalue weighted by Crippen LogP contribution is -1.92. The predicted molar refractivity (Wildman–Crippen MR) is 51.7 cm³/mol. The van der Waals surface area contributed by atoms with E-state index >= 15 is 0 Å². The van der Waals surface area contributed by atoms with Gasteiger partial charge in [0.1, 0.15) is 0 Å². The SMILES string of the molecule is CC[SH](CC)C(=S)S. The summed E-state index contributed by atoms with van der Waals surface area (Å²) < 4.78 is 0.921. The molecule has 0 aromatic carbocycles. The molecule has 0 unspecified atom stereocenters. The van der Waals surface area contributed by atoms with Gasteiger partial charge in [0, 0.05) is 0 Å². The maximum atomic E-state index is 4.91. The first-order valence-electron chi connectivity index (χ1n) is 2.70. The van der Waals surface area contributed by atoms with Crippen molar-refractivity contribution in [3.8, 4) is 0 Å². The zero-order valence-electron chi connectivity index (χ0n) is 5.22. The Hall–Kier alpha value is 0.790. The second-order valence-electron chi connectivity index (χ2n) is 1.45. The Morgan fingerprint density at radius 3 is 1.88 bits per heavy atom.